The van der Waals surface area contributed by atoms with Gasteiger partial charge in [-0.15, -0.1) is 11.3 Å². The number of nitrogens with zero attached hydrogens (tertiary/aromatic N) is 1. The maximum Gasteiger partial charge on any atom is 0.226 e. The molecule has 1 aromatic heterocycles. The molecule has 0 radical (unpaired) electrons. The van der Waals surface area contributed by atoms with E-state index >= 15 is 0 Å². The van der Waals surface area contributed by atoms with Crippen LogP contribution in [0.2, 0.25) is 0 Å². The Kier molecular flexibility index (Phi) is 4.58. The Balaban J connectivity index is 1.28. The van der Waals surface area contributed by atoms with E-state index in [2.05, 4.69) is 27.7 Å². The van der Waals surface area contributed by atoms with Crippen molar-refractivity contribution in [3.05, 3.63) is 22.4 Å². The molecule has 1 aromatic rings. The second-order valence-corrected chi connectivity index (χ2v) is 10.1. The average molecular weight is 375 g/mol. The molecular formula is C21H30N2O2S. The quantitative estimate of drug-likeness (QED) is 0.858. The summed E-state index contributed by atoms with van der Waals surface area (Å²) in [5.74, 6) is 2.81. The summed E-state index contributed by atoms with van der Waals surface area (Å²) in [5.41, 5.74) is -0.0419. The predicted octanol–water partition coefficient (Wildman–Crippen LogP) is 3.45. The van der Waals surface area contributed by atoms with Crippen molar-refractivity contribution in [1.82, 2.24) is 10.2 Å². The summed E-state index contributed by atoms with van der Waals surface area (Å²) in [7, 11) is 0. The van der Waals surface area contributed by atoms with Crippen LogP contribution in [0.5, 0.6) is 0 Å². The molecule has 1 amide bonds. The van der Waals surface area contributed by atoms with Crippen LogP contribution in [0, 0.1) is 23.2 Å². The van der Waals surface area contributed by atoms with Gasteiger partial charge in [-0.1, -0.05) is 6.07 Å². The first kappa shape index (κ1) is 17.2. The summed E-state index contributed by atoms with van der Waals surface area (Å²) < 4.78 is 5.53. The van der Waals surface area contributed by atoms with Crippen LogP contribution in [0.4, 0.5) is 0 Å². The molecule has 6 rings (SSSR count). The van der Waals surface area contributed by atoms with E-state index in [9.17, 15) is 4.79 Å². The Bertz CT molecular complexity index is 603. The number of hydrogen-bond donors (Lipinski definition) is 1. The molecule has 5 aliphatic rings. The van der Waals surface area contributed by atoms with E-state index in [0.717, 1.165) is 69.9 Å². The maximum atomic E-state index is 13.3. The van der Waals surface area contributed by atoms with Crippen molar-refractivity contribution in [2.24, 2.45) is 23.2 Å². The molecule has 1 aliphatic heterocycles. The standard InChI is InChI=1S/C21H30N2O2S/c24-20(21-11-15-8-16(12-21)10-17(9-15)13-21)22-14-18(19-2-1-7-26-19)23-3-5-25-6-4-23/h1-2,7,15-18H,3-6,8-14H2,(H,22,24)/t15?,16?,17?,18-,21?/m0/s1. The first-order valence-electron chi connectivity index (χ1n) is 10.4. The lowest BCUT2D eigenvalue weighted by molar-refractivity contribution is -0.146. The Morgan fingerprint density at radius 1 is 1.19 bits per heavy atom. The molecule has 4 aliphatic carbocycles. The largest absolute Gasteiger partial charge is 0.379 e. The van der Waals surface area contributed by atoms with Crippen LogP contribution in [0.25, 0.3) is 0 Å². The van der Waals surface area contributed by atoms with Gasteiger partial charge >= 0.3 is 0 Å². The van der Waals surface area contributed by atoms with E-state index in [4.69, 9.17) is 4.74 Å². The average Bonchev–Trinajstić information content (AvgIpc) is 3.16. The van der Waals surface area contributed by atoms with Gasteiger partial charge in [0, 0.05) is 29.9 Å². The molecule has 0 unspecified atom stereocenters. The highest BCUT2D eigenvalue weighted by molar-refractivity contribution is 7.10. The van der Waals surface area contributed by atoms with Gasteiger partial charge in [0.05, 0.1) is 19.3 Å². The normalized spacial score (nSPS) is 37.6. The van der Waals surface area contributed by atoms with Gasteiger partial charge < -0.3 is 10.1 Å². The van der Waals surface area contributed by atoms with Gasteiger partial charge in [0.15, 0.2) is 0 Å². The molecule has 1 atom stereocenters. The maximum absolute atomic E-state index is 13.3. The van der Waals surface area contributed by atoms with Gasteiger partial charge in [-0.3, -0.25) is 9.69 Å². The number of carbonyl (C=O) groups excluding carboxylic acids is 1. The number of rotatable bonds is 5. The Hall–Kier alpha value is -0.910. The van der Waals surface area contributed by atoms with Gasteiger partial charge in [0.2, 0.25) is 5.91 Å². The van der Waals surface area contributed by atoms with Gasteiger partial charge in [-0.25, -0.2) is 0 Å². The molecule has 2 heterocycles. The molecule has 4 saturated carbocycles. The molecule has 0 aromatic carbocycles. The molecule has 0 spiro atoms. The van der Waals surface area contributed by atoms with Crippen molar-refractivity contribution < 1.29 is 9.53 Å². The molecule has 5 fully saturated rings. The predicted molar refractivity (Wildman–Crippen MR) is 103 cm³/mol. The Labute approximate surface area is 160 Å². The van der Waals surface area contributed by atoms with Crippen molar-refractivity contribution in [2.45, 2.75) is 44.6 Å². The van der Waals surface area contributed by atoms with E-state index in [1.165, 1.54) is 24.1 Å². The minimum absolute atomic E-state index is 0.0419. The number of nitrogens with one attached hydrogen (secondary N) is 1. The lowest BCUT2D eigenvalue weighted by atomic mass is 9.49. The highest BCUT2D eigenvalue weighted by Gasteiger charge is 2.54. The van der Waals surface area contributed by atoms with Crippen LogP contribution in [0.3, 0.4) is 0 Å². The monoisotopic (exact) mass is 374 g/mol. The van der Waals surface area contributed by atoms with Crippen LogP contribution in [-0.4, -0.2) is 43.7 Å². The number of hydrogen-bond acceptors (Lipinski definition) is 4. The number of thiophene rings is 1. The molecule has 5 heteroatoms. The molecule has 1 N–H and O–H groups in total. The highest BCUT2D eigenvalue weighted by atomic mass is 32.1. The number of carbonyl (C=O) groups is 1. The summed E-state index contributed by atoms with van der Waals surface area (Å²) in [4.78, 5) is 17.1. The SMILES string of the molecule is O=C(NC[C@@H](c1cccs1)N1CCOCC1)C12CC3CC(CC(C3)C1)C2. The van der Waals surface area contributed by atoms with E-state index in [1.54, 1.807) is 11.3 Å². The topological polar surface area (TPSA) is 41.6 Å². The Morgan fingerprint density at radius 3 is 2.42 bits per heavy atom. The minimum Gasteiger partial charge on any atom is -0.379 e. The van der Waals surface area contributed by atoms with Crippen LogP contribution >= 0.6 is 11.3 Å². The zero-order chi connectivity index (χ0) is 17.6. The van der Waals surface area contributed by atoms with Gasteiger partial charge in [0.25, 0.3) is 0 Å². The fraction of sp³-hybridized carbons (Fsp3) is 0.762. The van der Waals surface area contributed by atoms with Gasteiger partial charge in [-0.2, -0.15) is 0 Å². The highest BCUT2D eigenvalue weighted by Crippen LogP contribution is 2.60. The summed E-state index contributed by atoms with van der Waals surface area (Å²) in [6.07, 6.45) is 7.60. The lowest BCUT2D eigenvalue weighted by Gasteiger charge is -2.55. The summed E-state index contributed by atoms with van der Waals surface area (Å²) in [6.45, 7) is 4.24. The summed E-state index contributed by atoms with van der Waals surface area (Å²) >= 11 is 1.80. The third-order valence-electron chi connectivity index (χ3n) is 7.33. The zero-order valence-corrected chi connectivity index (χ0v) is 16.3. The third kappa shape index (κ3) is 3.12. The van der Waals surface area contributed by atoms with Crippen LogP contribution in [0.15, 0.2) is 17.5 Å². The third-order valence-corrected chi connectivity index (χ3v) is 8.31. The second kappa shape index (κ2) is 6.92. The van der Waals surface area contributed by atoms with E-state index in [0.29, 0.717) is 5.91 Å². The smallest absolute Gasteiger partial charge is 0.226 e. The van der Waals surface area contributed by atoms with Gasteiger partial charge in [-0.05, 0) is 67.7 Å². The summed E-state index contributed by atoms with van der Waals surface area (Å²) in [6, 6.07) is 4.62. The zero-order valence-electron chi connectivity index (χ0n) is 15.5. The first-order chi connectivity index (χ1) is 12.7. The van der Waals surface area contributed by atoms with Crippen molar-refractivity contribution in [2.75, 3.05) is 32.8 Å². The van der Waals surface area contributed by atoms with Crippen LogP contribution in [-0.2, 0) is 9.53 Å². The van der Waals surface area contributed by atoms with Crippen molar-refractivity contribution >= 4 is 17.2 Å². The number of morpholine rings is 1. The molecular weight excluding hydrogens is 344 g/mol. The van der Waals surface area contributed by atoms with Crippen molar-refractivity contribution in [3.8, 4) is 0 Å². The summed E-state index contributed by atoms with van der Waals surface area (Å²) in [5, 5.41) is 5.55. The minimum atomic E-state index is -0.0419. The van der Waals surface area contributed by atoms with E-state index in [-0.39, 0.29) is 11.5 Å². The fourth-order valence-electron chi connectivity index (χ4n) is 6.55. The molecule has 4 bridgehead atoms. The van der Waals surface area contributed by atoms with Gasteiger partial charge in [0.1, 0.15) is 0 Å². The lowest BCUT2D eigenvalue weighted by Crippen LogP contribution is -2.54. The number of ether oxygens (including phenoxy) is 1. The fourth-order valence-corrected chi connectivity index (χ4v) is 7.41. The molecule has 142 valence electrons. The van der Waals surface area contributed by atoms with E-state index in [1.807, 2.05) is 0 Å². The number of amides is 1. The van der Waals surface area contributed by atoms with Crippen molar-refractivity contribution in [3.63, 3.8) is 0 Å². The second-order valence-electron chi connectivity index (χ2n) is 9.09. The Morgan fingerprint density at radius 2 is 1.85 bits per heavy atom. The van der Waals surface area contributed by atoms with Crippen molar-refractivity contribution in [1.29, 1.82) is 0 Å². The molecule has 1 saturated heterocycles. The first-order valence-corrected chi connectivity index (χ1v) is 11.2. The van der Waals surface area contributed by atoms with Crippen LogP contribution < -0.4 is 5.32 Å². The molecule has 4 nitrogen and oxygen atoms in total. The van der Waals surface area contributed by atoms with E-state index < -0.39 is 0 Å². The molecule has 26 heavy (non-hydrogen) atoms. The van der Waals surface area contributed by atoms with Crippen LogP contribution in [0.1, 0.15) is 49.4 Å².